The molecule has 0 aromatic heterocycles. The Hall–Kier alpha value is -3.27. The molecule has 2 atom stereocenters. The summed E-state index contributed by atoms with van der Waals surface area (Å²) in [6.45, 7) is 4.74. The van der Waals surface area contributed by atoms with Crippen LogP contribution in [0.3, 0.4) is 0 Å². The SMILES string of the molecule is CC/C=C\C/C=C\C/C=C\C/C=C\C/C=C\CCCCCCCCCCCCCC(=O)OC(COC(=O)CCCCCCC/C=C\CCCCCCC)COC(OCC[N+](C)(C)C)C(=O)O. The Morgan fingerprint density at radius 1 is 0.470 bits per heavy atom. The zero-order valence-corrected chi connectivity index (χ0v) is 43.1. The maximum atomic E-state index is 12.8. The van der Waals surface area contributed by atoms with Crippen LogP contribution in [0.4, 0.5) is 0 Å². The summed E-state index contributed by atoms with van der Waals surface area (Å²) in [6, 6.07) is 0. The van der Waals surface area contributed by atoms with Crippen LogP contribution in [0.15, 0.2) is 72.9 Å². The quantitative estimate of drug-likeness (QED) is 0.0211. The van der Waals surface area contributed by atoms with E-state index in [-0.39, 0.29) is 38.6 Å². The Morgan fingerprint density at radius 3 is 1.30 bits per heavy atom. The maximum absolute atomic E-state index is 12.8. The first-order valence-corrected chi connectivity index (χ1v) is 26.6. The van der Waals surface area contributed by atoms with Gasteiger partial charge in [-0.05, 0) is 83.5 Å². The number of hydrogen-bond acceptors (Lipinski definition) is 7. The number of quaternary nitrogens is 1. The van der Waals surface area contributed by atoms with Gasteiger partial charge in [0.1, 0.15) is 13.2 Å². The Labute approximate surface area is 405 Å². The number of carboxylic acids is 1. The number of rotatable bonds is 48. The molecular formula is C57H100NO8+. The predicted molar refractivity (Wildman–Crippen MR) is 276 cm³/mol. The molecule has 66 heavy (non-hydrogen) atoms. The molecule has 0 aromatic carbocycles. The van der Waals surface area contributed by atoms with Crippen molar-refractivity contribution in [1.29, 1.82) is 0 Å². The highest BCUT2D eigenvalue weighted by Crippen LogP contribution is 2.15. The van der Waals surface area contributed by atoms with Gasteiger partial charge in [-0.2, -0.15) is 0 Å². The van der Waals surface area contributed by atoms with Crippen molar-refractivity contribution in [3.8, 4) is 0 Å². The standard InChI is InChI=1S/C57H99NO8/c1-6-8-10-12-14-16-18-20-22-23-24-25-26-27-28-29-30-31-32-33-34-36-38-40-42-44-46-48-55(60)66-53(52-65-57(56(61)62)63-50-49-58(3,4)5)51-64-54(59)47-45-43-41-39-37-35-21-19-17-15-13-11-9-7-2/h8,10,14,16,19-22,24-25,27-28,53,57H,6-7,9,11-13,15,17-18,23,26,29-52H2,1-5H3/p+1/b10-8-,16-14-,21-19-,22-20-,25-24-,28-27-. The van der Waals surface area contributed by atoms with Gasteiger partial charge in [0.15, 0.2) is 6.10 Å². The molecule has 1 N–H and O–H groups in total. The highest BCUT2D eigenvalue weighted by Gasteiger charge is 2.25. The molecule has 0 aromatic rings. The Balaban J connectivity index is 4.27. The van der Waals surface area contributed by atoms with E-state index < -0.39 is 24.3 Å². The number of ether oxygens (including phenoxy) is 4. The average molecular weight is 927 g/mol. The number of likely N-dealkylation sites (N-methyl/N-ethyl adjacent to an activating group) is 1. The molecule has 0 fully saturated rings. The predicted octanol–water partition coefficient (Wildman–Crippen LogP) is 15.1. The van der Waals surface area contributed by atoms with E-state index in [2.05, 4.69) is 86.8 Å². The van der Waals surface area contributed by atoms with Gasteiger partial charge in [-0.3, -0.25) is 9.59 Å². The molecule has 0 bridgehead atoms. The number of esters is 2. The molecule has 0 amide bonds. The molecule has 0 spiro atoms. The third-order valence-corrected chi connectivity index (χ3v) is 11.2. The van der Waals surface area contributed by atoms with E-state index in [4.69, 9.17) is 18.9 Å². The topological polar surface area (TPSA) is 108 Å². The van der Waals surface area contributed by atoms with Crippen LogP contribution in [-0.4, -0.2) is 87.4 Å². The molecule has 9 nitrogen and oxygen atoms in total. The average Bonchev–Trinajstić information content (AvgIpc) is 3.28. The lowest BCUT2D eigenvalue weighted by atomic mass is 10.0. The fraction of sp³-hybridized carbons (Fsp3) is 0.737. The molecular weight excluding hydrogens is 827 g/mol. The zero-order chi connectivity index (χ0) is 48.4. The minimum absolute atomic E-state index is 0.183. The second-order valence-electron chi connectivity index (χ2n) is 18.8. The van der Waals surface area contributed by atoms with Gasteiger partial charge in [0.25, 0.3) is 6.29 Å². The van der Waals surface area contributed by atoms with Gasteiger partial charge < -0.3 is 28.5 Å². The van der Waals surface area contributed by atoms with Crippen molar-refractivity contribution in [3.63, 3.8) is 0 Å². The fourth-order valence-electron chi connectivity index (χ4n) is 7.09. The number of hydrogen-bond donors (Lipinski definition) is 1. The Kier molecular flexibility index (Phi) is 45.8. The van der Waals surface area contributed by atoms with E-state index in [0.717, 1.165) is 89.9 Å². The van der Waals surface area contributed by atoms with Crippen LogP contribution < -0.4 is 0 Å². The summed E-state index contributed by atoms with van der Waals surface area (Å²) in [7, 11) is 5.96. The summed E-state index contributed by atoms with van der Waals surface area (Å²) >= 11 is 0. The van der Waals surface area contributed by atoms with E-state index in [1.807, 2.05) is 21.1 Å². The first-order chi connectivity index (χ1) is 32.1. The summed E-state index contributed by atoms with van der Waals surface area (Å²) < 4.78 is 22.8. The minimum atomic E-state index is -1.51. The van der Waals surface area contributed by atoms with Crippen LogP contribution in [-0.2, 0) is 33.3 Å². The van der Waals surface area contributed by atoms with Gasteiger partial charge in [0, 0.05) is 12.8 Å². The molecule has 0 saturated heterocycles. The van der Waals surface area contributed by atoms with Gasteiger partial charge in [-0.25, -0.2) is 4.79 Å². The summed E-state index contributed by atoms with van der Waals surface area (Å²) in [5, 5.41) is 9.67. The molecule has 0 rings (SSSR count). The van der Waals surface area contributed by atoms with Crippen LogP contribution in [0.25, 0.3) is 0 Å². The third kappa shape index (κ3) is 48.7. The van der Waals surface area contributed by atoms with Gasteiger partial charge in [-0.15, -0.1) is 0 Å². The van der Waals surface area contributed by atoms with Crippen LogP contribution in [0.2, 0.25) is 0 Å². The summed E-state index contributed by atoms with van der Waals surface area (Å²) in [6.07, 6.45) is 58.2. The van der Waals surface area contributed by atoms with Crippen molar-refractivity contribution >= 4 is 17.9 Å². The lowest BCUT2D eigenvalue weighted by Crippen LogP contribution is -2.40. The van der Waals surface area contributed by atoms with Crippen molar-refractivity contribution in [1.82, 2.24) is 0 Å². The van der Waals surface area contributed by atoms with E-state index in [9.17, 15) is 19.5 Å². The van der Waals surface area contributed by atoms with E-state index in [0.29, 0.717) is 17.4 Å². The van der Waals surface area contributed by atoms with E-state index in [1.54, 1.807) is 0 Å². The molecule has 0 saturated carbocycles. The number of aliphatic carboxylic acids is 1. The molecule has 0 aliphatic carbocycles. The maximum Gasteiger partial charge on any atom is 0.361 e. The van der Waals surface area contributed by atoms with Crippen molar-refractivity contribution in [2.24, 2.45) is 0 Å². The molecule has 0 heterocycles. The largest absolute Gasteiger partial charge is 0.477 e. The number of nitrogens with zero attached hydrogens (tertiary/aromatic N) is 1. The molecule has 0 aliphatic rings. The molecule has 380 valence electrons. The fourth-order valence-corrected chi connectivity index (χ4v) is 7.09. The number of unbranched alkanes of at least 4 members (excludes halogenated alkanes) is 21. The van der Waals surface area contributed by atoms with Crippen molar-refractivity contribution in [2.45, 2.75) is 225 Å². The van der Waals surface area contributed by atoms with Gasteiger partial charge >= 0.3 is 17.9 Å². The first-order valence-electron chi connectivity index (χ1n) is 26.6. The first kappa shape index (κ1) is 62.7. The molecule has 0 radical (unpaired) electrons. The second kappa shape index (κ2) is 48.2. The highest BCUT2D eigenvalue weighted by atomic mass is 16.7. The van der Waals surface area contributed by atoms with Crippen molar-refractivity contribution in [3.05, 3.63) is 72.9 Å². The van der Waals surface area contributed by atoms with E-state index in [1.165, 1.54) is 89.9 Å². The van der Waals surface area contributed by atoms with Gasteiger partial charge in [-0.1, -0.05) is 189 Å². The number of carboxylic acid groups (broad SMARTS) is 1. The van der Waals surface area contributed by atoms with Gasteiger partial charge in [0.2, 0.25) is 0 Å². The second-order valence-corrected chi connectivity index (χ2v) is 18.8. The highest BCUT2D eigenvalue weighted by molar-refractivity contribution is 5.71. The van der Waals surface area contributed by atoms with Crippen LogP contribution in [0.5, 0.6) is 0 Å². The Bertz CT molecular complexity index is 1310. The molecule has 0 aliphatic heterocycles. The summed E-state index contributed by atoms with van der Waals surface area (Å²) in [5.74, 6) is -2.02. The monoisotopic (exact) mass is 927 g/mol. The van der Waals surface area contributed by atoms with Crippen molar-refractivity contribution < 1.29 is 42.9 Å². The van der Waals surface area contributed by atoms with Gasteiger partial charge in [0.05, 0.1) is 34.4 Å². The zero-order valence-electron chi connectivity index (χ0n) is 43.1. The minimum Gasteiger partial charge on any atom is -0.477 e. The summed E-state index contributed by atoms with van der Waals surface area (Å²) in [5.41, 5.74) is 0. The third-order valence-electron chi connectivity index (χ3n) is 11.2. The normalized spacial score (nSPS) is 13.4. The van der Waals surface area contributed by atoms with Crippen molar-refractivity contribution in [2.75, 3.05) is 47.5 Å². The molecule has 9 heteroatoms. The Morgan fingerprint density at radius 2 is 0.864 bits per heavy atom. The number of carbonyl (C=O) groups excluding carboxylic acids is 2. The summed E-state index contributed by atoms with van der Waals surface area (Å²) in [4.78, 5) is 37.3. The lowest BCUT2D eigenvalue weighted by Gasteiger charge is -2.25. The smallest absolute Gasteiger partial charge is 0.361 e. The van der Waals surface area contributed by atoms with E-state index >= 15 is 0 Å². The number of carbonyl (C=O) groups is 3. The lowest BCUT2D eigenvalue weighted by molar-refractivity contribution is -0.870. The van der Waals surface area contributed by atoms with Crippen LogP contribution >= 0.6 is 0 Å². The number of allylic oxidation sites excluding steroid dienone is 12. The van der Waals surface area contributed by atoms with Crippen LogP contribution in [0, 0.1) is 0 Å². The van der Waals surface area contributed by atoms with Crippen LogP contribution in [0.1, 0.15) is 213 Å². The molecule has 2 unspecified atom stereocenters.